The summed E-state index contributed by atoms with van der Waals surface area (Å²) in [5.41, 5.74) is 0.723. The third-order valence-corrected chi connectivity index (χ3v) is 2.85. The van der Waals surface area contributed by atoms with Crippen molar-refractivity contribution in [3.63, 3.8) is 0 Å². The molecule has 0 aromatic heterocycles. The number of rotatable bonds is 4. The molecular weight excluding hydrogens is 282 g/mol. The van der Waals surface area contributed by atoms with E-state index in [0.717, 1.165) is 0 Å². The average Bonchev–Trinajstić information content (AvgIpc) is 2.29. The molecule has 1 aromatic rings. The Labute approximate surface area is 122 Å². The molecule has 0 unspecified atom stereocenters. The lowest BCUT2D eigenvalue weighted by atomic mass is 10.1. The van der Waals surface area contributed by atoms with Crippen LogP contribution in [-0.4, -0.2) is 22.9 Å². The second-order valence-corrected chi connectivity index (χ2v) is 5.93. The van der Waals surface area contributed by atoms with E-state index < -0.39 is 4.92 Å². The summed E-state index contributed by atoms with van der Waals surface area (Å²) in [7, 11) is 0. The van der Waals surface area contributed by atoms with E-state index in [0.29, 0.717) is 11.3 Å². The molecule has 1 amide bonds. The van der Waals surface area contributed by atoms with Crippen molar-refractivity contribution in [2.45, 2.75) is 33.2 Å². The number of hydrogen-bond acceptors (Lipinski definition) is 4. The highest BCUT2D eigenvalue weighted by atomic mass is 35.5. The van der Waals surface area contributed by atoms with E-state index in [1.165, 1.54) is 12.1 Å². The maximum absolute atomic E-state index is 11.8. The van der Waals surface area contributed by atoms with Gasteiger partial charge in [-0.15, -0.1) is 0 Å². The Morgan fingerprint density at radius 2 is 2.00 bits per heavy atom. The van der Waals surface area contributed by atoms with Gasteiger partial charge in [0.25, 0.3) is 5.69 Å². The Bertz CT molecular complexity index is 538. The molecule has 0 aliphatic heterocycles. The molecule has 0 saturated heterocycles. The van der Waals surface area contributed by atoms with Gasteiger partial charge in [0.1, 0.15) is 5.02 Å². The third kappa shape index (κ3) is 4.79. The van der Waals surface area contributed by atoms with E-state index >= 15 is 0 Å². The molecule has 7 heteroatoms. The van der Waals surface area contributed by atoms with Crippen LogP contribution in [0.3, 0.4) is 0 Å². The zero-order chi connectivity index (χ0) is 15.5. The summed E-state index contributed by atoms with van der Waals surface area (Å²) in [6.07, 6.45) is 0. The minimum absolute atomic E-state index is 0.000296. The van der Waals surface area contributed by atoms with Crippen molar-refractivity contribution in [3.8, 4) is 0 Å². The van der Waals surface area contributed by atoms with Gasteiger partial charge in [-0.25, -0.2) is 0 Å². The number of amides is 1. The van der Waals surface area contributed by atoms with Crippen LogP contribution < -0.4 is 10.6 Å². The van der Waals surface area contributed by atoms with Crippen LogP contribution in [0.2, 0.25) is 5.02 Å². The Balaban J connectivity index is 2.81. The fraction of sp³-hybridized carbons (Fsp3) is 0.462. The molecule has 0 fully saturated rings. The predicted molar refractivity (Wildman–Crippen MR) is 79.2 cm³/mol. The molecule has 0 aliphatic carbocycles. The molecule has 1 aromatic carbocycles. The molecule has 20 heavy (non-hydrogen) atoms. The smallest absolute Gasteiger partial charge is 0.288 e. The first-order chi connectivity index (χ1) is 9.10. The van der Waals surface area contributed by atoms with Crippen molar-refractivity contribution in [3.05, 3.63) is 32.8 Å². The third-order valence-electron chi connectivity index (χ3n) is 2.54. The standard InChI is InChI=1S/C13H18ClN3O3/c1-8-5-11(17(19)20)9(14)6-10(8)16-12(18)7-15-13(2,3)4/h5-6,15H,7H2,1-4H3,(H,16,18). The van der Waals surface area contributed by atoms with E-state index in [4.69, 9.17) is 11.6 Å². The number of hydrogen-bond donors (Lipinski definition) is 2. The fourth-order valence-electron chi connectivity index (χ4n) is 1.48. The van der Waals surface area contributed by atoms with Crippen LogP contribution in [0.25, 0.3) is 0 Å². The van der Waals surface area contributed by atoms with E-state index in [9.17, 15) is 14.9 Å². The molecule has 1 rings (SSSR count). The lowest BCUT2D eigenvalue weighted by Gasteiger charge is -2.20. The van der Waals surface area contributed by atoms with Crippen LogP contribution in [-0.2, 0) is 4.79 Å². The monoisotopic (exact) mass is 299 g/mol. The van der Waals surface area contributed by atoms with Gasteiger partial charge in [-0.1, -0.05) is 11.6 Å². The normalized spacial score (nSPS) is 11.2. The van der Waals surface area contributed by atoms with Gasteiger partial charge in [-0.3, -0.25) is 14.9 Å². The summed E-state index contributed by atoms with van der Waals surface area (Å²) in [6, 6.07) is 2.74. The lowest BCUT2D eigenvalue weighted by molar-refractivity contribution is -0.384. The molecule has 0 aliphatic rings. The summed E-state index contributed by atoms with van der Waals surface area (Å²) in [4.78, 5) is 22.0. The van der Waals surface area contributed by atoms with Crippen molar-refractivity contribution in [2.75, 3.05) is 11.9 Å². The zero-order valence-corrected chi connectivity index (χ0v) is 12.7. The van der Waals surface area contributed by atoms with Crippen molar-refractivity contribution in [1.82, 2.24) is 5.32 Å². The van der Waals surface area contributed by atoms with Crippen molar-refractivity contribution in [1.29, 1.82) is 0 Å². The Morgan fingerprint density at radius 1 is 1.40 bits per heavy atom. The van der Waals surface area contributed by atoms with Gasteiger partial charge < -0.3 is 10.6 Å². The van der Waals surface area contributed by atoms with E-state index in [1.807, 2.05) is 20.8 Å². The van der Waals surface area contributed by atoms with Crippen LogP contribution in [0.5, 0.6) is 0 Å². The van der Waals surface area contributed by atoms with Gasteiger partial charge in [0.05, 0.1) is 11.5 Å². The number of nitro benzene ring substituents is 1. The van der Waals surface area contributed by atoms with Gasteiger partial charge in [-0.05, 0) is 39.3 Å². The van der Waals surface area contributed by atoms with Crippen LogP contribution in [0.1, 0.15) is 26.3 Å². The van der Waals surface area contributed by atoms with Gasteiger partial charge in [-0.2, -0.15) is 0 Å². The van der Waals surface area contributed by atoms with Crippen LogP contribution in [0, 0.1) is 17.0 Å². The second-order valence-electron chi connectivity index (χ2n) is 5.53. The second kappa shape index (κ2) is 6.19. The highest BCUT2D eigenvalue weighted by Crippen LogP contribution is 2.30. The first-order valence-corrected chi connectivity index (χ1v) is 6.47. The van der Waals surface area contributed by atoms with Crippen LogP contribution >= 0.6 is 11.6 Å². The summed E-state index contributed by atoms with van der Waals surface area (Å²) in [6.45, 7) is 7.69. The summed E-state index contributed by atoms with van der Waals surface area (Å²) in [5.74, 6) is -0.229. The Morgan fingerprint density at radius 3 is 2.50 bits per heavy atom. The molecule has 0 saturated carbocycles. The first-order valence-electron chi connectivity index (χ1n) is 6.09. The van der Waals surface area contributed by atoms with E-state index in [1.54, 1.807) is 6.92 Å². The molecule has 2 N–H and O–H groups in total. The number of nitro groups is 1. The summed E-state index contributed by atoms with van der Waals surface area (Å²) in [5, 5.41) is 16.5. The van der Waals surface area contributed by atoms with Gasteiger partial charge in [0, 0.05) is 17.3 Å². The predicted octanol–water partition coefficient (Wildman–Crippen LogP) is 2.88. The number of anilines is 1. The average molecular weight is 300 g/mol. The van der Waals surface area contributed by atoms with E-state index in [2.05, 4.69) is 10.6 Å². The Hall–Kier alpha value is -1.66. The summed E-state index contributed by atoms with van der Waals surface area (Å²) < 4.78 is 0. The molecule has 6 nitrogen and oxygen atoms in total. The fourth-order valence-corrected chi connectivity index (χ4v) is 1.71. The van der Waals surface area contributed by atoms with Crippen LogP contribution in [0.4, 0.5) is 11.4 Å². The SMILES string of the molecule is Cc1cc([N+](=O)[O-])c(Cl)cc1NC(=O)CNC(C)(C)C. The topological polar surface area (TPSA) is 84.3 Å². The zero-order valence-electron chi connectivity index (χ0n) is 11.9. The quantitative estimate of drug-likeness (QED) is 0.661. The maximum atomic E-state index is 11.8. The first kappa shape index (κ1) is 16.4. The maximum Gasteiger partial charge on any atom is 0.288 e. The largest absolute Gasteiger partial charge is 0.325 e. The minimum atomic E-state index is -0.553. The van der Waals surface area contributed by atoms with Crippen molar-refractivity contribution >= 4 is 28.9 Å². The number of nitrogens with one attached hydrogen (secondary N) is 2. The molecule has 0 radical (unpaired) electrons. The number of carbonyl (C=O) groups excluding carboxylic acids is 1. The molecule has 110 valence electrons. The number of benzene rings is 1. The number of carbonyl (C=O) groups is 1. The Kier molecular flexibility index (Phi) is 5.08. The summed E-state index contributed by atoms with van der Waals surface area (Å²) >= 11 is 5.82. The molecule has 0 spiro atoms. The van der Waals surface area contributed by atoms with Gasteiger partial charge in [0.15, 0.2) is 0 Å². The molecule has 0 bridgehead atoms. The number of nitrogens with zero attached hydrogens (tertiary/aromatic N) is 1. The number of halogens is 1. The minimum Gasteiger partial charge on any atom is -0.325 e. The van der Waals surface area contributed by atoms with Crippen LogP contribution in [0.15, 0.2) is 12.1 Å². The van der Waals surface area contributed by atoms with Gasteiger partial charge in [0.2, 0.25) is 5.91 Å². The number of aryl methyl sites for hydroxylation is 1. The van der Waals surface area contributed by atoms with Crippen molar-refractivity contribution in [2.24, 2.45) is 0 Å². The molecular formula is C13H18ClN3O3. The highest BCUT2D eigenvalue weighted by molar-refractivity contribution is 6.33. The molecule has 0 atom stereocenters. The van der Waals surface area contributed by atoms with Gasteiger partial charge >= 0.3 is 0 Å². The lowest BCUT2D eigenvalue weighted by Crippen LogP contribution is -2.41. The highest BCUT2D eigenvalue weighted by Gasteiger charge is 2.17. The van der Waals surface area contributed by atoms with E-state index in [-0.39, 0.29) is 28.7 Å². The van der Waals surface area contributed by atoms with Crippen molar-refractivity contribution < 1.29 is 9.72 Å². The molecule has 0 heterocycles.